The van der Waals surface area contributed by atoms with Gasteiger partial charge in [0.25, 0.3) is 5.56 Å². The Morgan fingerprint density at radius 1 is 1.50 bits per heavy atom. The Hall–Kier alpha value is -0.840. The van der Waals surface area contributed by atoms with Crippen LogP contribution >= 0.6 is 15.9 Å². The van der Waals surface area contributed by atoms with Crippen LogP contribution in [0.5, 0.6) is 0 Å². The van der Waals surface area contributed by atoms with Gasteiger partial charge in [-0.15, -0.1) is 0 Å². The second kappa shape index (κ2) is 6.36. The summed E-state index contributed by atoms with van der Waals surface area (Å²) in [6.07, 6.45) is 8.03. The van der Waals surface area contributed by atoms with E-state index in [2.05, 4.69) is 32.7 Å². The number of halogens is 1. The van der Waals surface area contributed by atoms with E-state index in [-0.39, 0.29) is 5.56 Å². The molecule has 0 aromatic carbocycles. The van der Waals surface area contributed by atoms with Crippen molar-refractivity contribution < 1.29 is 0 Å². The number of rotatable bonds is 7. The smallest absolute Gasteiger partial charge is 0.293 e. The maximum Gasteiger partial charge on any atom is 0.293 e. The standard InChI is InChI=1S/C13H20BrN3O/c1-2-3-8-16(9-6-14)12-13(18)17(10-7-15-12)11-4-5-11/h7,10-11H,2-6,8-9H2,1H3. The monoisotopic (exact) mass is 313 g/mol. The van der Waals surface area contributed by atoms with E-state index in [1.54, 1.807) is 6.20 Å². The molecule has 0 saturated heterocycles. The van der Waals surface area contributed by atoms with Crippen LogP contribution in [0, 0.1) is 0 Å². The van der Waals surface area contributed by atoms with E-state index in [4.69, 9.17) is 0 Å². The molecule has 0 bridgehead atoms. The van der Waals surface area contributed by atoms with E-state index in [1.807, 2.05) is 10.8 Å². The predicted molar refractivity (Wildman–Crippen MR) is 77.7 cm³/mol. The topological polar surface area (TPSA) is 38.1 Å². The fraction of sp³-hybridized carbons (Fsp3) is 0.692. The molecule has 1 heterocycles. The van der Waals surface area contributed by atoms with Crippen molar-refractivity contribution in [2.45, 2.75) is 38.6 Å². The highest BCUT2D eigenvalue weighted by atomic mass is 79.9. The van der Waals surface area contributed by atoms with Crippen LogP contribution in [-0.4, -0.2) is 28.0 Å². The summed E-state index contributed by atoms with van der Waals surface area (Å²) in [5, 5.41) is 0.857. The van der Waals surface area contributed by atoms with Gasteiger partial charge in [-0.05, 0) is 19.3 Å². The van der Waals surface area contributed by atoms with Crippen LogP contribution in [0.1, 0.15) is 38.6 Å². The Labute approximate surface area is 116 Å². The quantitative estimate of drug-likeness (QED) is 0.726. The van der Waals surface area contributed by atoms with Gasteiger partial charge in [-0.1, -0.05) is 29.3 Å². The lowest BCUT2D eigenvalue weighted by atomic mass is 10.3. The highest BCUT2D eigenvalue weighted by molar-refractivity contribution is 9.09. The zero-order valence-corrected chi connectivity index (χ0v) is 12.4. The molecule has 1 saturated carbocycles. The number of anilines is 1. The zero-order chi connectivity index (χ0) is 13.0. The second-order valence-corrected chi connectivity index (χ2v) is 5.52. The Morgan fingerprint density at radius 2 is 2.28 bits per heavy atom. The number of nitrogens with zero attached hydrogens (tertiary/aromatic N) is 3. The summed E-state index contributed by atoms with van der Waals surface area (Å²) in [6.45, 7) is 3.89. The molecule has 2 rings (SSSR count). The maximum absolute atomic E-state index is 12.4. The first-order valence-electron chi connectivity index (χ1n) is 6.66. The van der Waals surface area contributed by atoms with Crippen molar-refractivity contribution in [1.82, 2.24) is 9.55 Å². The van der Waals surface area contributed by atoms with Crippen molar-refractivity contribution in [3.63, 3.8) is 0 Å². The van der Waals surface area contributed by atoms with Gasteiger partial charge in [0.15, 0.2) is 5.82 Å². The molecule has 0 aliphatic heterocycles. The molecule has 1 aromatic heterocycles. The minimum absolute atomic E-state index is 0.0667. The molecular weight excluding hydrogens is 294 g/mol. The van der Waals surface area contributed by atoms with Crippen molar-refractivity contribution in [3.05, 3.63) is 22.7 Å². The molecule has 18 heavy (non-hydrogen) atoms. The van der Waals surface area contributed by atoms with Crippen LogP contribution in [0.4, 0.5) is 5.82 Å². The summed E-state index contributed by atoms with van der Waals surface area (Å²) in [5.41, 5.74) is 0.0667. The first kappa shape index (κ1) is 13.6. The van der Waals surface area contributed by atoms with Gasteiger partial charge in [-0.2, -0.15) is 0 Å². The minimum atomic E-state index is 0.0667. The summed E-state index contributed by atoms with van der Waals surface area (Å²) in [4.78, 5) is 18.8. The molecule has 0 spiro atoms. The van der Waals surface area contributed by atoms with Gasteiger partial charge in [-0.25, -0.2) is 4.98 Å². The lowest BCUT2D eigenvalue weighted by molar-refractivity contribution is 0.673. The van der Waals surface area contributed by atoms with E-state index in [1.165, 1.54) is 0 Å². The number of alkyl halides is 1. The van der Waals surface area contributed by atoms with Gasteiger partial charge >= 0.3 is 0 Å². The van der Waals surface area contributed by atoms with E-state index >= 15 is 0 Å². The fourth-order valence-electron chi connectivity index (χ4n) is 2.05. The maximum atomic E-state index is 12.4. The molecule has 5 heteroatoms. The van der Waals surface area contributed by atoms with E-state index in [0.717, 1.165) is 44.1 Å². The molecule has 1 aliphatic carbocycles. The Bertz CT molecular complexity index is 442. The van der Waals surface area contributed by atoms with Crippen molar-refractivity contribution >= 4 is 21.7 Å². The summed E-state index contributed by atoms with van der Waals surface area (Å²) < 4.78 is 1.84. The molecule has 100 valence electrons. The van der Waals surface area contributed by atoms with E-state index in [9.17, 15) is 4.79 Å². The number of hydrogen-bond acceptors (Lipinski definition) is 3. The van der Waals surface area contributed by atoms with Crippen molar-refractivity contribution in [2.75, 3.05) is 23.3 Å². The van der Waals surface area contributed by atoms with Crippen LogP contribution in [0.25, 0.3) is 0 Å². The van der Waals surface area contributed by atoms with Crippen LogP contribution in [-0.2, 0) is 0 Å². The molecule has 0 N–H and O–H groups in total. The predicted octanol–water partition coefficient (Wildman–Crippen LogP) is 2.58. The number of unbranched alkanes of at least 4 members (excludes halogenated alkanes) is 1. The number of aromatic nitrogens is 2. The molecule has 1 aromatic rings. The van der Waals surface area contributed by atoms with Gasteiger partial charge in [0.1, 0.15) is 0 Å². The highest BCUT2D eigenvalue weighted by Crippen LogP contribution is 2.33. The lowest BCUT2D eigenvalue weighted by Crippen LogP contribution is -2.35. The summed E-state index contributed by atoms with van der Waals surface area (Å²) in [6, 6.07) is 0.413. The van der Waals surface area contributed by atoms with Gasteiger partial charge in [0.2, 0.25) is 0 Å². The highest BCUT2D eigenvalue weighted by Gasteiger charge is 2.26. The molecule has 0 atom stereocenters. The minimum Gasteiger partial charge on any atom is -0.351 e. The first-order chi connectivity index (χ1) is 8.77. The third-order valence-corrected chi connectivity index (χ3v) is 3.58. The molecule has 0 radical (unpaired) electrons. The molecule has 1 fully saturated rings. The van der Waals surface area contributed by atoms with Crippen LogP contribution < -0.4 is 10.5 Å². The zero-order valence-electron chi connectivity index (χ0n) is 10.8. The fourth-order valence-corrected chi connectivity index (χ4v) is 2.47. The van der Waals surface area contributed by atoms with Crippen molar-refractivity contribution in [3.8, 4) is 0 Å². The Morgan fingerprint density at radius 3 is 2.89 bits per heavy atom. The lowest BCUT2D eigenvalue weighted by Gasteiger charge is -2.22. The van der Waals surface area contributed by atoms with Crippen molar-refractivity contribution in [2.24, 2.45) is 0 Å². The third kappa shape index (κ3) is 3.13. The summed E-state index contributed by atoms with van der Waals surface area (Å²) in [5.74, 6) is 0.609. The first-order valence-corrected chi connectivity index (χ1v) is 7.78. The van der Waals surface area contributed by atoms with Crippen LogP contribution in [0.3, 0.4) is 0 Å². The van der Waals surface area contributed by atoms with E-state index in [0.29, 0.717) is 11.9 Å². The molecule has 0 unspecified atom stereocenters. The Kier molecular flexibility index (Phi) is 4.80. The normalized spacial score (nSPS) is 14.8. The van der Waals surface area contributed by atoms with Gasteiger partial charge in [0.05, 0.1) is 0 Å². The average Bonchev–Trinajstić information content (AvgIpc) is 3.19. The van der Waals surface area contributed by atoms with Gasteiger partial charge in [-0.3, -0.25) is 4.79 Å². The molecule has 0 amide bonds. The van der Waals surface area contributed by atoms with Crippen molar-refractivity contribution in [1.29, 1.82) is 0 Å². The molecule has 1 aliphatic rings. The SMILES string of the molecule is CCCCN(CCBr)c1nccn(C2CC2)c1=O. The van der Waals surface area contributed by atoms with Crippen LogP contribution in [0.15, 0.2) is 17.2 Å². The molecule has 4 nitrogen and oxygen atoms in total. The van der Waals surface area contributed by atoms with Gasteiger partial charge < -0.3 is 9.47 Å². The largest absolute Gasteiger partial charge is 0.351 e. The second-order valence-electron chi connectivity index (χ2n) is 4.72. The third-order valence-electron chi connectivity index (χ3n) is 3.23. The van der Waals surface area contributed by atoms with E-state index < -0.39 is 0 Å². The summed E-state index contributed by atoms with van der Waals surface area (Å²) in [7, 11) is 0. The average molecular weight is 314 g/mol. The van der Waals surface area contributed by atoms with Gasteiger partial charge in [0, 0.05) is 36.9 Å². The molecular formula is C13H20BrN3O. The number of hydrogen-bond donors (Lipinski definition) is 0. The summed E-state index contributed by atoms with van der Waals surface area (Å²) >= 11 is 3.45. The Balaban J connectivity index is 2.22. The van der Waals surface area contributed by atoms with Crippen LogP contribution in [0.2, 0.25) is 0 Å².